The van der Waals surface area contributed by atoms with Crippen LogP contribution >= 0.6 is 11.6 Å². The molecule has 1 heterocycles. The predicted octanol–water partition coefficient (Wildman–Crippen LogP) is 0.876. The molecule has 0 radical (unpaired) electrons. The Labute approximate surface area is 141 Å². The van der Waals surface area contributed by atoms with Crippen LogP contribution in [0.15, 0.2) is 24.3 Å². The summed E-state index contributed by atoms with van der Waals surface area (Å²) in [6.07, 6.45) is 0. The highest BCUT2D eigenvalue weighted by Gasteiger charge is 2.29. The number of hydrogen-bond donors (Lipinski definition) is 2. The topological polar surface area (TPSA) is 72.9 Å². The maximum Gasteiger partial charge on any atom is 0.312 e. The Morgan fingerprint density at radius 2 is 1.91 bits per heavy atom. The van der Waals surface area contributed by atoms with E-state index in [0.29, 0.717) is 31.2 Å². The van der Waals surface area contributed by atoms with Crippen molar-refractivity contribution in [3.63, 3.8) is 0 Å². The first kappa shape index (κ1) is 17.6. The third-order valence-corrected chi connectivity index (χ3v) is 4.02. The fourth-order valence-electron chi connectivity index (χ4n) is 2.38. The first-order valence-corrected chi connectivity index (χ1v) is 7.93. The van der Waals surface area contributed by atoms with Crippen LogP contribution in [0, 0.1) is 0 Å². The maximum absolute atomic E-state index is 12.2. The number of aliphatic hydroxyl groups excluding tert-OH is 1. The maximum atomic E-state index is 12.2. The van der Waals surface area contributed by atoms with Crippen molar-refractivity contribution >= 4 is 29.1 Å². The Kier molecular flexibility index (Phi) is 5.49. The van der Waals surface area contributed by atoms with Gasteiger partial charge < -0.3 is 20.2 Å². The standard InChI is InChI=1S/C16H22ClN3O3/c1-16(2,11-21)18-14(22)15(23)20-8-6-19(7-9-20)13-5-3-4-12(17)10-13/h3-5,10,21H,6-9,11H2,1-2H3,(H,18,22). The van der Waals surface area contributed by atoms with Crippen molar-refractivity contribution in [1.29, 1.82) is 0 Å². The van der Waals surface area contributed by atoms with Gasteiger partial charge in [-0.25, -0.2) is 0 Å². The average molecular weight is 340 g/mol. The van der Waals surface area contributed by atoms with Crippen molar-refractivity contribution in [2.75, 3.05) is 37.7 Å². The number of hydrogen-bond acceptors (Lipinski definition) is 4. The van der Waals surface area contributed by atoms with Crippen LogP contribution in [0.25, 0.3) is 0 Å². The Hall–Kier alpha value is -1.79. The van der Waals surface area contributed by atoms with E-state index in [4.69, 9.17) is 16.7 Å². The zero-order valence-corrected chi connectivity index (χ0v) is 14.1. The molecule has 0 aromatic heterocycles. The van der Waals surface area contributed by atoms with Crippen molar-refractivity contribution in [3.8, 4) is 0 Å². The van der Waals surface area contributed by atoms with Crippen LogP contribution in [-0.2, 0) is 9.59 Å². The van der Waals surface area contributed by atoms with Crippen LogP contribution in [-0.4, -0.2) is 60.1 Å². The number of amides is 2. The molecular formula is C16H22ClN3O3. The number of nitrogens with zero attached hydrogens (tertiary/aromatic N) is 2. The molecule has 7 heteroatoms. The molecule has 1 aromatic rings. The highest BCUT2D eigenvalue weighted by Crippen LogP contribution is 2.20. The van der Waals surface area contributed by atoms with E-state index in [1.165, 1.54) is 4.90 Å². The summed E-state index contributed by atoms with van der Waals surface area (Å²) in [6, 6.07) is 7.56. The Morgan fingerprint density at radius 3 is 2.48 bits per heavy atom. The number of carbonyl (C=O) groups excluding carboxylic acids is 2. The van der Waals surface area contributed by atoms with Gasteiger partial charge >= 0.3 is 11.8 Å². The molecule has 6 nitrogen and oxygen atoms in total. The van der Waals surface area contributed by atoms with Gasteiger partial charge in [-0.15, -0.1) is 0 Å². The number of benzene rings is 1. The zero-order chi connectivity index (χ0) is 17.0. The van der Waals surface area contributed by atoms with Crippen molar-refractivity contribution in [2.45, 2.75) is 19.4 Å². The molecular weight excluding hydrogens is 318 g/mol. The molecule has 1 fully saturated rings. The minimum absolute atomic E-state index is 0.228. The van der Waals surface area contributed by atoms with Crippen molar-refractivity contribution in [2.24, 2.45) is 0 Å². The molecule has 1 aromatic carbocycles. The molecule has 0 bridgehead atoms. The SMILES string of the molecule is CC(C)(CO)NC(=O)C(=O)N1CCN(c2cccc(Cl)c2)CC1. The van der Waals surface area contributed by atoms with E-state index in [9.17, 15) is 9.59 Å². The van der Waals surface area contributed by atoms with Gasteiger partial charge in [-0.2, -0.15) is 0 Å². The lowest BCUT2D eigenvalue weighted by Crippen LogP contribution is -2.56. The molecule has 0 saturated carbocycles. The molecule has 1 aliphatic rings. The number of rotatable bonds is 3. The quantitative estimate of drug-likeness (QED) is 0.802. The van der Waals surface area contributed by atoms with Crippen LogP contribution in [0.1, 0.15) is 13.8 Å². The summed E-state index contributed by atoms with van der Waals surface area (Å²) in [5.74, 6) is -1.24. The number of halogens is 1. The molecule has 126 valence electrons. The summed E-state index contributed by atoms with van der Waals surface area (Å²) in [5, 5.41) is 12.4. The van der Waals surface area contributed by atoms with Crippen LogP contribution in [0.2, 0.25) is 5.02 Å². The molecule has 0 unspecified atom stereocenters. The van der Waals surface area contributed by atoms with Crippen LogP contribution < -0.4 is 10.2 Å². The fraction of sp³-hybridized carbons (Fsp3) is 0.500. The van der Waals surface area contributed by atoms with Gasteiger partial charge in [-0.1, -0.05) is 17.7 Å². The van der Waals surface area contributed by atoms with E-state index in [-0.39, 0.29) is 6.61 Å². The molecule has 2 N–H and O–H groups in total. The van der Waals surface area contributed by atoms with Crippen molar-refractivity contribution in [3.05, 3.63) is 29.3 Å². The summed E-state index contributed by atoms with van der Waals surface area (Å²) in [4.78, 5) is 27.8. The lowest BCUT2D eigenvalue weighted by Gasteiger charge is -2.36. The van der Waals surface area contributed by atoms with E-state index in [1.807, 2.05) is 24.3 Å². The minimum Gasteiger partial charge on any atom is -0.394 e. The summed E-state index contributed by atoms with van der Waals surface area (Å²) < 4.78 is 0. The lowest BCUT2D eigenvalue weighted by atomic mass is 10.1. The largest absolute Gasteiger partial charge is 0.394 e. The number of piperazine rings is 1. The summed E-state index contributed by atoms with van der Waals surface area (Å²) >= 11 is 6.00. The van der Waals surface area contributed by atoms with E-state index in [0.717, 1.165) is 5.69 Å². The number of nitrogens with one attached hydrogen (secondary N) is 1. The summed E-state index contributed by atoms with van der Waals surface area (Å²) in [6.45, 7) is 5.32. The Bertz CT molecular complexity index is 584. The normalized spacial score (nSPS) is 15.5. The molecule has 2 rings (SSSR count). The van der Waals surface area contributed by atoms with Gasteiger partial charge in [0.2, 0.25) is 0 Å². The molecule has 1 aliphatic heterocycles. The van der Waals surface area contributed by atoms with Gasteiger partial charge in [0.25, 0.3) is 0 Å². The molecule has 2 amide bonds. The Morgan fingerprint density at radius 1 is 1.26 bits per heavy atom. The van der Waals surface area contributed by atoms with Gasteiger partial charge in [-0.05, 0) is 32.0 Å². The first-order chi connectivity index (χ1) is 10.8. The predicted molar refractivity (Wildman–Crippen MR) is 89.6 cm³/mol. The zero-order valence-electron chi connectivity index (χ0n) is 13.4. The molecule has 0 aliphatic carbocycles. The second-order valence-electron chi connectivity index (χ2n) is 6.26. The average Bonchev–Trinajstić information content (AvgIpc) is 2.54. The fourth-order valence-corrected chi connectivity index (χ4v) is 2.57. The molecule has 1 saturated heterocycles. The van der Waals surface area contributed by atoms with Crippen molar-refractivity contribution in [1.82, 2.24) is 10.2 Å². The minimum atomic E-state index is -0.810. The lowest BCUT2D eigenvalue weighted by molar-refractivity contribution is -0.147. The van der Waals surface area contributed by atoms with Gasteiger partial charge in [0.15, 0.2) is 0 Å². The monoisotopic (exact) mass is 339 g/mol. The van der Waals surface area contributed by atoms with Gasteiger partial charge in [0.05, 0.1) is 12.1 Å². The number of carbonyl (C=O) groups is 2. The summed E-state index contributed by atoms with van der Waals surface area (Å²) in [7, 11) is 0. The van der Waals surface area contributed by atoms with Crippen molar-refractivity contribution < 1.29 is 14.7 Å². The molecule has 0 spiro atoms. The number of aliphatic hydroxyl groups is 1. The first-order valence-electron chi connectivity index (χ1n) is 7.55. The second kappa shape index (κ2) is 7.19. The van der Waals surface area contributed by atoms with Gasteiger partial charge in [0.1, 0.15) is 0 Å². The smallest absolute Gasteiger partial charge is 0.312 e. The molecule has 23 heavy (non-hydrogen) atoms. The second-order valence-corrected chi connectivity index (χ2v) is 6.69. The van der Waals surface area contributed by atoms with Crippen LogP contribution in [0.5, 0.6) is 0 Å². The van der Waals surface area contributed by atoms with Crippen LogP contribution in [0.3, 0.4) is 0 Å². The number of anilines is 1. The van der Waals surface area contributed by atoms with E-state index in [2.05, 4.69) is 10.2 Å². The van der Waals surface area contributed by atoms with Gasteiger partial charge in [-0.3, -0.25) is 9.59 Å². The summed E-state index contributed by atoms with van der Waals surface area (Å²) in [5.41, 5.74) is 0.200. The highest BCUT2D eigenvalue weighted by atomic mass is 35.5. The van der Waals surface area contributed by atoms with E-state index < -0.39 is 17.4 Å². The van der Waals surface area contributed by atoms with Gasteiger partial charge in [0, 0.05) is 36.9 Å². The third-order valence-electron chi connectivity index (χ3n) is 3.78. The van der Waals surface area contributed by atoms with E-state index >= 15 is 0 Å². The highest BCUT2D eigenvalue weighted by molar-refractivity contribution is 6.35. The third kappa shape index (κ3) is 4.59. The van der Waals surface area contributed by atoms with Crippen LogP contribution in [0.4, 0.5) is 5.69 Å². The van der Waals surface area contributed by atoms with E-state index in [1.54, 1.807) is 13.8 Å². The Balaban J connectivity index is 1.91. The molecule has 0 atom stereocenters.